The van der Waals surface area contributed by atoms with E-state index in [-0.39, 0.29) is 35.4 Å². The van der Waals surface area contributed by atoms with Crippen LogP contribution in [-0.4, -0.2) is 61.2 Å². The smallest absolute Gasteiger partial charge is 0.400 e. The lowest BCUT2D eigenvalue weighted by molar-refractivity contribution is -0.157. The summed E-state index contributed by atoms with van der Waals surface area (Å²) in [5, 5.41) is 28.4. The largest absolute Gasteiger partial charge is 0.454 e. The predicted molar refractivity (Wildman–Crippen MR) is 126 cm³/mol. The summed E-state index contributed by atoms with van der Waals surface area (Å²) in [6.07, 6.45) is -2.61. The van der Waals surface area contributed by atoms with Crippen molar-refractivity contribution in [1.29, 1.82) is 0 Å². The molecule has 1 aliphatic heterocycles. The molecule has 0 spiro atoms. The fourth-order valence-corrected chi connectivity index (χ4v) is 3.86. The van der Waals surface area contributed by atoms with Gasteiger partial charge in [0.1, 0.15) is 24.1 Å². The SMILES string of the molecule is [C-]#[N+][C@]1(COC(=O)CC(C)(C)C)O[C@@H](c2ccc3c(NC(=O)CC(C)(C)C)ncnn23)[C@H](O)[C@@H]1O. The number of hydrogen-bond acceptors (Lipinski definition) is 8. The van der Waals surface area contributed by atoms with Crippen molar-refractivity contribution in [3.8, 4) is 0 Å². The monoisotopic (exact) mass is 487 g/mol. The molecule has 11 nitrogen and oxygen atoms in total. The standard InChI is InChI=1S/C24H33N5O6/c1-22(2,3)10-16(30)28-21-15-9-8-14(29(15)27-13-26-21)19-18(32)20(33)24(25-7,35-19)12-34-17(31)11-23(4,5)6/h8-9,13,18-20,32-33H,10-12H2,1-6H3,(H,26,27,28,30)/t18-,19-,20-,24+/m0/s1. The minimum Gasteiger partial charge on any atom is -0.454 e. The van der Waals surface area contributed by atoms with Crippen molar-refractivity contribution in [3.05, 3.63) is 35.6 Å². The molecule has 35 heavy (non-hydrogen) atoms. The Labute approximate surface area is 204 Å². The van der Waals surface area contributed by atoms with Crippen LogP contribution in [0, 0.1) is 17.4 Å². The summed E-state index contributed by atoms with van der Waals surface area (Å²) >= 11 is 0. The number of carbonyl (C=O) groups excluding carboxylic acids is 2. The van der Waals surface area contributed by atoms with E-state index in [4.69, 9.17) is 16.0 Å². The van der Waals surface area contributed by atoms with E-state index in [1.807, 2.05) is 41.5 Å². The van der Waals surface area contributed by atoms with E-state index in [9.17, 15) is 19.8 Å². The van der Waals surface area contributed by atoms with Gasteiger partial charge in [0.05, 0.1) is 12.1 Å². The first kappa shape index (κ1) is 26.5. The third kappa shape index (κ3) is 5.96. The number of fused-ring (bicyclic) bond motifs is 1. The topological polar surface area (TPSA) is 140 Å². The number of aliphatic hydroxyl groups is 2. The zero-order chi connectivity index (χ0) is 26.2. The van der Waals surface area contributed by atoms with Crippen LogP contribution in [0.15, 0.2) is 18.5 Å². The summed E-state index contributed by atoms with van der Waals surface area (Å²) in [4.78, 5) is 32.1. The van der Waals surface area contributed by atoms with E-state index in [0.29, 0.717) is 11.2 Å². The van der Waals surface area contributed by atoms with Gasteiger partial charge in [0.15, 0.2) is 18.5 Å². The number of esters is 1. The molecule has 11 heteroatoms. The van der Waals surface area contributed by atoms with Crippen LogP contribution < -0.4 is 5.32 Å². The molecule has 1 amide bonds. The number of carbonyl (C=O) groups is 2. The van der Waals surface area contributed by atoms with Crippen LogP contribution in [0.25, 0.3) is 10.4 Å². The average Bonchev–Trinajstić information content (AvgIpc) is 3.25. The average molecular weight is 488 g/mol. The molecule has 1 aliphatic rings. The van der Waals surface area contributed by atoms with Crippen molar-refractivity contribution in [1.82, 2.24) is 14.6 Å². The van der Waals surface area contributed by atoms with E-state index in [1.54, 1.807) is 12.1 Å². The second-order valence-corrected chi connectivity index (χ2v) is 11.3. The second kappa shape index (κ2) is 9.53. The van der Waals surface area contributed by atoms with Gasteiger partial charge in [-0.2, -0.15) is 5.10 Å². The fourth-order valence-electron chi connectivity index (χ4n) is 3.86. The van der Waals surface area contributed by atoms with Crippen molar-refractivity contribution >= 4 is 23.2 Å². The maximum atomic E-state index is 12.4. The van der Waals surface area contributed by atoms with E-state index < -0.39 is 36.6 Å². The summed E-state index contributed by atoms with van der Waals surface area (Å²) in [7, 11) is 0. The molecule has 3 rings (SSSR count). The van der Waals surface area contributed by atoms with Crippen molar-refractivity contribution in [2.24, 2.45) is 10.8 Å². The molecule has 4 atom stereocenters. The Kier molecular flexibility index (Phi) is 7.22. The minimum atomic E-state index is -1.97. The zero-order valence-corrected chi connectivity index (χ0v) is 20.9. The van der Waals surface area contributed by atoms with Crippen LogP contribution in [0.1, 0.15) is 66.2 Å². The van der Waals surface area contributed by atoms with Gasteiger partial charge >= 0.3 is 11.7 Å². The number of amides is 1. The molecule has 3 heterocycles. The van der Waals surface area contributed by atoms with Crippen LogP contribution in [-0.2, 0) is 19.1 Å². The van der Waals surface area contributed by atoms with Gasteiger partial charge in [-0.3, -0.25) is 19.2 Å². The Morgan fingerprint density at radius 3 is 2.46 bits per heavy atom. The summed E-state index contributed by atoms with van der Waals surface area (Å²) in [5.41, 5.74) is -1.71. The van der Waals surface area contributed by atoms with Gasteiger partial charge in [-0.1, -0.05) is 41.5 Å². The Hall–Kier alpha value is -3.07. The van der Waals surface area contributed by atoms with Crippen molar-refractivity contribution in [2.75, 3.05) is 11.9 Å². The normalized spacial score (nSPS) is 24.8. The van der Waals surface area contributed by atoms with E-state index in [1.165, 1.54) is 10.8 Å². The van der Waals surface area contributed by atoms with E-state index in [0.717, 1.165) is 0 Å². The number of nitrogens with zero attached hydrogens (tertiary/aromatic N) is 4. The van der Waals surface area contributed by atoms with Crippen LogP contribution >= 0.6 is 0 Å². The predicted octanol–water partition coefficient (Wildman–Crippen LogP) is 2.49. The van der Waals surface area contributed by atoms with Crippen molar-refractivity contribution < 1.29 is 29.3 Å². The molecule has 2 aromatic rings. The molecular formula is C24H33N5O6. The highest BCUT2D eigenvalue weighted by Crippen LogP contribution is 2.42. The molecule has 0 radical (unpaired) electrons. The molecule has 1 fully saturated rings. The lowest BCUT2D eigenvalue weighted by Gasteiger charge is -2.21. The van der Waals surface area contributed by atoms with Crippen LogP contribution in [0.5, 0.6) is 0 Å². The summed E-state index contributed by atoms with van der Waals surface area (Å²) < 4.78 is 12.5. The lowest BCUT2D eigenvalue weighted by Crippen LogP contribution is -2.44. The highest BCUT2D eigenvalue weighted by Gasteiger charge is 2.62. The Morgan fingerprint density at radius 1 is 1.20 bits per heavy atom. The third-order valence-corrected chi connectivity index (χ3v) is 5.45. The highest BCUT2D eigenvalue weighted by molar-refractivity contribution is 5.93. The number of hydrogen-bond donors (Lipinski definition) is 3. The number of anilines is 1. The Balaban J connectivity index is 1.84. The summed E-state index contributed by atoms with van der Waals surface area (Å²) in [6, 6.07) is 3.25. The van der Waals surface area contributed by atoms with Crippen LogP contribution in [0.4, 0.5) is 5.82 Å². The first-order valence-corrected chi connectivity index (χ1v) is 11.4. The van der Waals surface area contributed by atoms with Crippen molar-refractivity contribution in [2.45, 2.75) is 78.4 Å². The van der Waals surface area contributed by atoms with Crippen molar-refractivity contribution in [3.63, 3.8) is 0 Å². The van der Waals surface area contributed by atoms with Gasteiger partial charge in [-0.05, 0) is 23.0 Å². The molecule has 2 aromatic heterocycles. The molecular weight excluding hydrogens is 454 g/mol. The molecule has 3 N–H and O–H groups in total. The van der Waals surface area contributed by atoms with Gasteiger partial charge in [0.2, 0.25) is 5.91 Å². The molecule has 0 unspecified atom stereocenters. The number of ether oxygens (including phenoxy) is 2. The van der Waals surface area contributed by atoms with Gasteiger partial charge in [-0.25, -0.2) is 16.1 Å². The molecule has 1 saturated heterocycles. The number of aromatic nitrogens is 3. The molecule has 0 bridgehead atoms. The first-order chi connectivity index (χ1) is 16.2. The van der Waals surface area contributed by atoms with E-state index in [2.05, 4.69) is 20.2 Å². The Morgan fingerprint density at radius 2 is 1.86 bits per heavy atom. The number of aliphatic hydroxyl groups excluding tert-OH is 2. The van der Waals surface area contributed by atoms with E-state index >= 15 is 0 Å². The van der Waals surface area contributed by atoms with Crippen LogP contribution in [0.3, 0.4) is 0 Å². The Bertz CT molecular complexity index is 1140. The zero-order valence-electron chi connectivity index (χ0n) is 20.9. The second-order valence-electron chi connectivity index (χ2n) is 11.3. The molecule has 0 saturated carbocycles. The fraction of sp³-hybridized carbons (Fsp3) is 0.625. The van der Waals surface area contributed by atoms with Gasteiger partial charge in [0, 0.05) is 6.42 Å². The summed E-state index contributed by atoms with van der Waals surface area (Å²) in [5.74, 6) is -0.468. The van der Waals surface area contributed by atoms with Gasteiger partial charge < -0.3 is 20.3 Å². The van der Waals surface area contributed by atoms with Gasteiger partial charge in [0.25, 0.3) is 0 Å². The first-order valence-electron chi connectivity index (χ1n) is 11.4. The molecule has 0 aliphatic carbocycles. The quantitative estimate of drug-likeness (QED) is 0.417. The maximum absolute atomic E-state index is 12.4. The number of nitrogens with one attached hydrogen (secondary N) is 1. The molecule has 190 valence electrons. The lowest BCUT2D eigenvalue weighted by atomic mass is 9.92. The number of rotatable bonds is 6. The third-order valence-electron chi connectivity index (χ3n) is 5.45. The van der Waals surface area contributed by atoms with Crippen LogP contribution in [0.2, 0.25) is 0 Å². The van der Waals surface area contributed by atoms with Gasteiger partial charge in [-0.15, -0.1) is 0 Å². The summed E-state index contributed by atoms with van der Waals surface area (Å²) in [6.45, 7) is 18.5. The highest BCUT2D eigenvalue weighted by atomic mass is 16.6. The minimum absolute atomic E-state index is 0.118. The maximum Gasteiger partial charge on any atom is 0.400 e. The molecule has 0 aromatic carbocycles.